The van der Waals surface area contributed by atoms with Crippen LogP contribution in [-0.2, 0) is 4.74 Å². The van der Waals surface area contributed by atoms with Gasteiger partial charge in [-0.2, -0.15) is 0 Å². The number of nitrogens with two attached hydrogens (primary N) is 1. The molecule has 1 aromatic carbocycles. The van der Waals surface area contributed by atoms with Crippen LogP contribution in [0.15, 0.2) is 30.5 Å². The van der Waals surface area contributed by atoms with Crippen molar-refractivity contribution in [1.29, 1.82) is 0 Å². The van der Waals surface area contributed by atoms with Crippen LogP contribution in [-0.4, -0.2) is 35.7 Å². The van der Waals surface area contributed by atoms with E-state index in [-0.39, 0.29) is 13.1 Å². The minimum absolute atomic E-state index is 0.0613. The molecule has 6 nitrogen and oxygen atoms in total. The van der Waals surface area contributed by atoms with Crippen molar-refractivity contribution in [2.75, 3.05) is 13.1 Å². The van der Waals surface area contributed by atoms with E-state index in [4.69, 9.17) is 22.1 Å². The number of benzene rings is 1. The summed E-state index contributed by atoms with van der Waals surface area (Å²) in [7, 11) is 0. The molecule has 0 aliphatic carbocycles. The number of carbonyl (C=O) groups is 2. The number of nitrogens with one attached hydrogen (secondary N) is 1. The molecule has 0 spiro atoms. The fraction of sp³-hybridized carbons (Fsp3) is 0.375. The maximum atomic E-state index is 12.1. The van der Waals surface area contributed by atoms with Gasteiger partial charge < -0.3 is 15.8 Å². The predicted octanol–water partition coefficient (Wildman–Crippen LogP) is 3.22. The molecular formula is C16H22ClN3O3. The Hall–Kier alpha value is -2.05. The summed E-state index contributed by atoms with van der Waals surface area (Å²) in [4.78, 5) is 25.0. The molecule has 0 aromatic heterocycles. The maximum absolute atomic E-state index is 12.1. The highest BCUT2D eigenvalue weighted by molar-refractivity contribution is 6.30. The number of amides is 3. The van der Waals surface area contributed by atoms with Crippen molar-refractivity contribution in [1.82, 2.24) is 10.2 Å². The first-order valence-corrected chi connectivity index (χ1v) is 7.54. The summed E-state index contributed by atoms with van der Waals surface area (Å²) < 4.78 is 5.18. The predicted molar refractivity (Wildman–Crippen MR) is 91.0 cm³/mol. The number of hydrogen-bond acceptors (Lipinski definition) is 4. The summed E-state index contributed by atoms with van der Waals surface area (Å²) >= 11 is 5.88. The van der Waals surface area contributed by atoms with E-state index >= 15 is 0 Å². The normalized spacial score (nSPS) is 11.3. The van der Waals surface area contributed by atoms with E-state index in [0.717, 1.165) is 10.5 Å². The van der Waals surface area contributed by atoms with Crippen molar-refractivity contribution in [3.8, 4) is 0 Å². The molecule has 23 heavy (non-hydrogen) atoms. The molecule has 0 heterocycles. The van der Waals surface area contributed by atoms with Crippen molar-refractivity contribution in [2.45, 2.75) is 26.4 Å². The fourth-order valence-corrected chi connectivity index (χ4v) is 1.82. The van der Waals surface area contributed by atoms with Crippen LogP contribution in [0.4, 0.5) is 9.59 Å². The Labute approximate surface area is 141 Å². The molecule has 0 atom stereocenters. The summed E-state index contributed by atoms with van der Waals surface area (Å²) in [5.41, 5.74) is 5.57. The SMILES string of the molecule is CC(C)(C)OC(=O)N(CCN)C(=O)N/C=C/c1cccc(Cl)c1. The van der Waals surface area contributed by atoms with E-state index in [9.17, 15) is 9.59 Å². The van der Waals surface area contributed by atoms with E-state index in [1.54, 1.807) is 45.0 Å². The zero-order chi connectivity index (χ0) is 17.5. The monoisotopic (exact) mass is 339 g/mol. The summed E-state index contributed by atoms with van der Waals surface area (Å²) in [5, 5.41) is 3.10. The van der Waals surface area contributed by atoms with Gasteiger partial charge in [0.25, 0.3) is 0 Å². The molecule has 1 rings (SSSR count). The molecule has 1 aromatic rings. The van der Waals surface area contributed by atoms with Crippen LogP contribution in [0.3, 0.4) is 0 Å². The van der Waals surface area contributed by atoms with Gasteiger partial charge in [-0.15, -0.1) is 0 Å². The summed E-state index contributed by atoms with van der Waals surface area (Å²) in [5.74, 6) is 0. The lowest BCUT2D eigenvalue weighted by Gasteiger charge is -2.25. The number of imide groups is 1. The Morgan fingerprint density at radius 1 is 1.39 bits per heavy atom. The Kier molecular flexibility index (Phi) is 7.06. The number of hydrogen-bond donors (Lipinski definition) is 2. The van der Waals surface area contributed by atoms with E-state index in [1.165, 1.54) is 6.20 Å². The quantitative estimate of drug-likeness (QED) is 0.882. The second kappa shape index (κ2) is 8.55. The van der Waals surface area contributed by atoms with Crippen molar-refractivity contribution in [3.63, 3.8) is 0 Å². The lowest BCUT2D eigenvalue weighted by molar-refractivity contribution is 0.0328. The lowest BCUT2D eigenvalue weighted by atomic mass is 10.2. The molecule has 0 fully saturated rings. The summed E-state index contributed by atoms with van der Waals surface area (Å²) in [6, 6.07) is 6.52. The molecular weight excluding hydrogens is 318 g/mol. The van der Waals surface area contributed by atoms with Gasteiger partial charge in [0.15, 0.2) is 0 Å². The minimum atomic E-state index is -0.739. The Morgan fingerprint density at radius 3 is 2.65 bits per heavy atom. The Morgan fingerprint density at radius 2 is 2.09 bits per heavy atom. The van der Waals surface area contributed by atoms with Crippen LogP contribution in [0.5, 0.6) is 0 Å². The molecule has 0 unspecified atom stereocenters. The zero-order valence-corrected chi connectivity index (χ0v) is 14.3. The smallest absolute Gasteiger partial charge is 0.418 e. The van der Waals surface area contributed by atoms with Gasteiger partial charge in [-0.1, -0.05) is 23.7 Å². The van der Waals surface area contributed by atoms with Crippen LogP contribution < -0.4 is 11.1 Å². The second-order valence-electron chi connectivity index (χ2n) is 5.76. The van der Waals surface area contributed by atoms with E-state index in [2.05, 4.69) is 5.32 Å². The van der Waals surface area contributed by atoms with E-state index in [0.29, 0.717) is 5.02 Å². The highest BCUT2D eigenvalue weighted by atomic mass is 35.5. The van der Waals surface area contributed by atoms with Gasteiger partial charge >= 0.3 is 12.1 Å². The van der Waals surface area contributed by atoms with Gasteiger partial charge in [0, 0.05) is 24.3 Å². The Bertz CT molecular complexity index is 582. The largest absolute Gasteiger partial charge is 0.443 e. The van der Waals surface area contributed by atoms with Crippen LogP contribution in [0.2, 0.25) is 5.02 Å². The molecule has 0 radical (unpaired) electrons. The first-order chi connectivity index (χ1) is 10.7. The Balaban J connectivity index is 2.69. The van der Waals surface area contributed by atoms with Gasteiger partial charge in [-0.3, -0.25) is 0 Å². The van der Waals surface area contributed by atoms with Crippen molar-refractivity contribution < 1.29 is 14.3 Å². The summed E-state index contributed by atoms with van der Waals surface area (Å²) in [6.45, 7) is 5.38. The van der Waals surface area contributed by atoms with Crippen molar-refractivity contribution in [3.05, 3.63) is 41.1 Å². The highest BCUT2D eigenvalue weighted by Gasteiger charge is 2.26. The average molecular weight is 340 g/mol. The van der Waals surface area contributed by atoms with Crippen LogP contribution in [0.25, 0.3) is 6.08 Å². The molecule has 0 saturated carbocycles. The van der Waals surface area contributed by atoms with Crippen LogP contribution >= 0.6 is 11.6 Å². The number of urea groups is 1. The third kappa shape index (κ3) is 7.17. The van der Waals surface area contributed by atoms with Crippen molar-refractivity contribution in [2.24, 2.45) is 5.73 Å². The second-order valence-corrected chi connectivity index (χ2v) is 6.19. The van der Waals surface area contributed by atoms with E-state index < -0.39 is 17.7 Å². The number of rotatable bonds is 4. The van der Waals surface area contributed by atoms with Crippen LogP contribution in [0, 0.1) is 0 Å². The number of carbonyl (C=O) groups excluding carboxylic acids is 2. The van der Waals surface area contributed by atoms with Gasteiger partial charge in [-0.25, -0.2) is 14.5 Å². The standard InChI is InChI=1S/C16H22ClN3O3/c1-16(2,3)23-15(22)20(10-8-18)14(21)19-9-7-12-5-4-6-13(17)11-12/h4-7,9,11H,8,10,18H2,1-3H3,(H,19,21)/b9-7+. The zero-order valence-electron chi connectivity index (χ0n) is 13.5. The first kappa shape index (κ1) is 19.0. The third-order valence-electron chi connectivity index (χ3n) is 2.54. The van der Waals surface area contributed by atoms with Gasteiger partial charge in [0.2, 0.25) is 0 Å². The molecule has 0 bridgehead atoms. The fourth-order valence-electron chi connectivity index (χ4n) is 1.62. The molecule has 3 amide bonds. The maximum Gasteiger partial charge on any atom is 0.418 e. The molecule has 7 heteroatoms. The molecule has 0 saturated heterocycles. The molecule has 0 aliphatic heterocycles. The molecule has 0 aliphatic rings. The summed E-state index contributed by atoms with van der Waals surface area (Å²) in [6.07, 6.45) is 2.36. The first-order valence-electron chi connectivity index (χ1n) is 7.16. The lowest BCUT2D eigenvalue weighted by Crippen LogP contribution is -2.46. The highest BCUT2D eigenvalue weighted by Crippen LogP contribution is 2.12. The van der Waals surface area contributed by atoms with Crippen LogP contribution in [0.1, 0.15) is 26.3 Å². The van der Waals surface area contributed by atoms with Gasteiger partial charge in [0.1, 0.15) is 5.60 Å². The van der Waals surface area contributed by atoms with E-state index in [1.807, 2.05) is 6.07 Å². The molecule has 126 valence electrons. The van der Waals surface area contributed by atoms with Gasteiger partial charge in [0.05, 0.1) is 0 Å². The van der Waals surface area contributed by atoms with Crippen molar-refractivity contribution >= 4 is 29.8 Å². The molecule has 3 N–H and O–H groups in total. The van der Waals surface area contributed by atoms with Gasteiger partial charge in [-0.05, 0) is 44.5 Å². The third-order valence-corrected chi connectivity index (χ3v) is 2.78. The number of nitrogens with zero attached hydrogens (tertiary/aromatic N) is 1. The topological polar surface area (TPSA) is 84.7 Å². The average Bonchev–Trinajstić information content (AvgIpc) is 2.42. The number of halogens is 1. The number of ether oxygens (including phenoxy) is 1. The minimum Gasteiger partial charge on any atom is -0.443 e.